The maximum Gasteiger partial charge on any atom is 0.307 e. The summed E-state index contributed by atoms with van der Waals surface area (Å²) >= 11 is 0. The van der Waals surface area contributed by atoms with Crippen molar-refractivity contribution in [2.24, 2.45) is 0 Å². The number of benzene rings is 1. The summed E-state index contributed by atoms with van der Waals surface area (Å²) in [6.45, 7) is 2.89. The molecule has 0 saturated heterocycles. The van der Waals surface area contributed by atoms with Crippen LogP contribution in [0.2, 0.25) is 0 Å². The Morgan fingerprint density at radius 3 is 2.39 bits per heavy atom. The predicted molar refractivity (Wildman–Crippen MR) is 86.6 cm³/mol. The number of methoxy groups -OCH3 is 2. The molecule has 0 fully saturated rings. The monoisotopic (exact) mass is 323 g/mol. The number of ether oxygens (including phenoxy) is 3. The van der Waals surface area contributed by atoms with Crippen molar-refractivity contribution in [2.75, 3.05) is 33.9 Å². The van der Waals surface area contributed by atoms with E-state index in [4.69, 9.17) is 9.47 Å². The van der Waals surface area contributed by atoms with Crippen LogP contribution in [0.15, 0.2) is 24.3 Å². The molecule has 0 unspecified atom stereocenters. The number of hydrogen-bond acceptors (Lipinski definition) is 5. The van der Waals surface area contributed by atoms with E-state index in [9.17, 15) is 9.59 Å². The number of unbranched alkanes of at least 4 members (excludes halogenated alkanes) is 1. The predicted octanol–water partition coefficient (Wildman–Crippen LogP) is 2.27. The van der Waals surface area contributed by atoms with Gasteiger partial charge in [-0.25, -0.2) is 0 Å². The third-order valence-corrected chi connectivity index (χ3v) is 3.37. The Morgan fingerprint density at radius 2 is 1.78 bits per heavy atom. The number of nitrogens with zero attached hydrogens (tertiary/aromatic N) is 1. The van der Waals surface area contributed by atoms with Crippen LogP contribution in [0.4, 0.5) is 0 Å². The smallest absolute Gasteiger partial charge is 0.307 e. The topological polar surface area (TPSA) is 65.1 Å². The van der Waals surface area contributed by atoms with E-state index in [0.29, 0.717) is 24.6 Å². The molecule has 1 aromatic rings. The maximum absolute atomic E-state index is 12.3. The summed E-state index contributed by atoms with van der Waals surface area (Å²) in [5, 5.41) is 0. The van der Waals surface area contributed by atoms with E-state index in [-0.39, 0.29) is 24.9 Å². The lowest BCUT2D eigenvalue weighted by atomic mass is 10.3. The van der Waals surface area contributed by atoms with Gasteiger partial charge in [0.2, 0.25) is 0 Å². The highest BCUT2D eigenvalue weighted by Crippen LogP contribution is 2.25. The van der Waals surface area contributed by atoms with E-state index in [1.165, 1.54) is 7.11 Å². The Morgan fingerprint density at radius 1 is 1.09 bits per heavy atom. The van der Waals surface area contributed by atoms with Crippen LogP contribution in [-0.4, -0.2) is 50.7 Å². The maximum atomic E-state index is 12.3. The summed E-state index contributed by atoms with van der Waals surface area (Å²) in [5.41, 5.74) is 0. The second kappa shape index (κ2) is 10.5. The molecule has 0 aliphatic heterocycles. The Labute approximate surface area is 137 Å². The van der Waals surface area contributed by atoms with E-state index in [2.05, 4.69) is 4.74 Å². The molecule has 0 saturated carbocycles. The van der Waals surface area contributed by atoms with E-state index in [1.807, 2.05) is 19.1 Å². The minimum absolute atomic E-state index is 0.0920. The number of carbonyl (C=O) groups is 2. The summed E-state index contributed by atoms with van der Waals surface area (Å²) in [7, 11) is 2.89. The zero-order valence-electron chi connectivity index (χ0n) is 14.0. The largest absolute Gasteiger partial charge is 0.493 e. The molecule has 0 N–H and O–H groups in total. The molecule has 0 radical (unpaired) electrons. The highest BCUT2D eigenvalue weighted by atomic mass is 16.5. The van der Waals surface area contributed by atoms with Crippen molar-refractivity contribution in [3.63, 3.8) is 0 Å². The normalized spacial score (nSPS) is 10.0. The van der Waals surface area contributed by atoms with E-state index < -0.39 is 0 Å². The minimum atomic E-state index is -0.329. The number of amides is 1. The third-order valence-electron chi connectivity index (χ3n) is 3.37. The molecule has 0 aliphatic carbocycles. The van der Waals surface area contributed by atoms with Gasteiger partial charge in [0, 0.05) is 13.1 Å². The molecule has 6 heteroatoms. The summed E-state index contributed by atoms with van der Waals surface area (Å²) < 4.78 is 15.4. The van der Waals surface area contributed by atoms with Crippen molar-refractivity contribution in [1.29, 1.82) is 0 Å². The van der Waals surface area contributed by atoms with Gasteiger partial charge in [-0.3, -0.25) is 9.59 Å². The number of hydrogen-bond donors (Lipinski definition) is 0. The van der Waals surface area contributed by atoms with Gasteiger partial charge in [-0.05, 0) is 18.6 Å². The van der Waals surface area contributed by atoms with Gasteiger partial charge in [0.05, 0.1) is 20.6 Å². The molecule has 1 amide bonds. The molecule has 0 bridgehead atoms. The van der Waals surface area contributed by atoms with Gasteiger partial charge in [-0.2, -0.15) is 0 Å². The minimum Gasteiger partial charge on any atom is -0.493 e. The zero-order chi connectivity index (χ0) is 17.1. The van der Waals surface area contributed by atoms with Crippen LogP contribution >= 0.6 is 0 Å². The zero-order valence-corrected chi connectivity index (χ0v) is 14.0. The van der Waals surface area contributed by atoms with Crippen LogP contribution in [0.5, 0.6) is 11.5 Å². The van der Waals surface area contributed by atoms with Crippen LogP contribution in [-0.2, 0) is 14.3 Å². The molecule has 1 aromatic carbocycles. The second-order valence-electron chi connectivity index (χ2n) is 5.00. The standard InChI is InChI=1S/C17H25NO5/c1-4-5-11-18(12-10-17(20)22-3)16(19)13-23-15-9-7-6-8-14(15)21-2/h6-9H,4-5,10-13H2,1-3H3. The first-order chi connectivity index (χ1) is 11.1. The summed E-state index contributed by atoms with van der Waals surface area (Å²) in [5.74, 6) is 0.611. The van der Waals surface area contributed by atoms with Crippen molar-refractivity contribution in [3.8, 4) is 11.5 Å². The molecule has 1 rings (SSSR count). The van der Waals surface area contributed by atoms with Crippen LogP contribution < -0.4 is 9.47 Å². The highest BCUT2D eigenvalue weighted by Gasteiger charge is 2.16. The van der Waals surface area contributed by atoms with Crippen LogP contribution in [0.3, 0.4) is 0 Å². The number of rotatable bonds is 10. The fraction of sp³-hybridized carbons (Fsp3) is 0.529. The summed E-state index contributed by atoms with van der Waals surface area (Å²) in [4.78, 5) is 25.2. The molecular formula is C17H25NO5. The van der Waals surface area contributed by atoms with Gasteiger partial charge in [0.25, 0.3) is 5.91 Å². The quantitative estimate of drug-likeness (QED) is 0.618. The first kappa shape index (κ1) is 18.8. The van der Waals surface area contributed by atoms with E-state index in [1.54, 1.807) is 24.1 Å². The van der Waals surface area contributed by atoms with Gasteiger partial charge in [0.15, 0.2) is 18.1 Å². The first-order valence-corrected chi connectivity index (χ1v) is 7.72. The Bertz CT molecular complexity index is 504. The van der Waals surface area contributed by atoms with E-state index >= 15 is 0 Å². The molecule has 6 nitrogen and oxygen atoms in total. The van der Waals surface area contributed by atoms with Crippen molar-refractivity contribution in [1.82, 2.24) is 4.90 Å². The number of para-hydroxylation sites is 2. The molecule has 0 aromatic heterocycles. The Hall–Kier alpha value is -2.24. The third kappa shape index (κ3) is 6.59. The van der Waals surface area contributed by atoms with Crippen molar-refractivity contribution >= 4 is 11.9 Å². The molecule has 23 heavy (non-hydrogen) atoms. The Balaban J connectivity index is 2.59. The summed E-state index contributed by atoms with van der Waals surface area (Å²) in [6.07, 6.45) is 2.03. The lowest BCUT2D eigenvalue weighted by Gasteiger charge is -2.22. The summed E-state index contributed by atoms with van der Waals surface area (Å²) in [6, 6.07) is 7.16. The molecule has 128 valence electrons. The van der Waals surface area contributed by atoms with Crippen LogP contribution in [0, 0.1) is 0 Å². The van der Waals surface area contributed by atoms with Gasteiger partial charge in [0.1, 0.15) is 0 Å². The van der Waals surface area contributed by atoms with Gasteiger partial charge < -0.3 is 19.1 Å². The van der Waals surface area contributed by atoms with Crippen molar-refractivity contribution in [2.45, 2.75) is 26.2 Å². The molecule has 0 heterocycles. The fourth-order valence-corrected chi connectivity index (χ4v) is 2.01. The number of esters is 1. The SMILES string of the molecule is CCCCN(CCC(=O)OC)C(=O)COc1ccccc1OC. The Kier molecular flexibility index (Phi) is 8.57. The number of carbonyl (C=O) groups excluding carboxylic acids is 2. The van der Waals surface area contributed by atoms with E-state index in [0.717, 1.165) is 12.8 Å². The average Bonchev–Trinajstić information content (AvgIpc) is 2.59. The lowest BCUT2D eigenvalue weighted by molar-refractivity contribution is -0.142. The molecule has 0 spiro atoms. The highest BCUT2D eigenvalue weighted by molar-refractivity contribution is 5.78. The molecule has 0 atom stereocenters. The van der Waals surface area contributed by atoms with Gasteiger partial charge in [-0.15, -0.1) is 0 Å². The molecule has 0 aliphatic rings. The first-order valence-electron chi connectivity index (χ1n) is 7.72. The lowest BCUT2D eigenvalue weighted by Crippen LogP contribution is -2.37. The van der Waals surface area contributed by atoms with Crippen molar-refractivity contribution in [3.05, 3.63) is 24.3 Å². The average molecular weight is 323 g/mol. The van der Waals surface area contributed by atoms with Crippen LogP contribution in [0.1, 0.15) is 26.2 Å². The van der Waals surface area contributed by atoms with Gasteiger partial charge >= 0.3 is 5.97 Å². The van der Waals surface area contributed by atoms with Crippen LogP contribution in [0.25, 0.3) is 0 Å². The second-order valence-corrected chi connectivity index (χ2v) is 5.00. The fourth-order valence-electron chi connectivity index (χ4n) is 2.01. The molecular weight excluding hydrogens is 298 g/mol. The van der Waals surface area contributed by atoms with Gasteiger partial charge in [-0.1, -0.05) is 25.5 Å². The van der Waals surface area contributed by atoms with Crippen molar-refractivity contribution < 1.29 is 23.8 Å².